The van der Waals surface area contributed by atoms with Crippen molar-refractivity contribution in [2.75, 3.05) is 45.8 Å². The Hall–Kier alpha value is -3.82. The van der Waals surface area contributed by atoms with Crippen molar-refractivity contribution in [2.24, 2.45) is 29.6 Å². The molecule has 0 saturated heterocycles. The molecule has 4 fully saturated rings. The maximum Gasteiger partial charge on any atom is 0.408 e. The van der Waals surface area contributed by atoms with Crippen LogP contribution in [0.4, 0.5) is 14.4 Å². The number of unbranched alkanes of at least 4 members (excludes halogenated alkanes) is 2. The Morgan fingerprint density at radius 1 is 0.548 bits per heavy atom. The van der Waals surface area contributed by atoms with Gasteiger partial charge >= 0.3 is 18.3 Å². The molecule has 2 atom stereocenters. The molecule has 4 bridgehead atoms. The summed E-state index contributed by atoms with van der Waals surface area (Å²) in [7, 11) is 0. The van der Waals surface area contributed by atoms with E-state index >= 15 is 0 Å². The molecule has 6 amide bonds. The van der Waals surface area contributed by atoms with Crippen molar-refractivity contribution in [3.8, 4) is 0 Å². The van der Waals surface area contributed by atoms with Crippen LogP contribution in [-0.2, 0) is 28.6 Å². The molecule has 6 N–H and O–H groups in total. The third-order valence-electron chi connectivity index (χ3n) is 11.6. The minimum Gasteiger partial charge on any atom is -0.444 e. The van der Waals surface area contributed by atoms with Gasteiger partial charge in [0.2, 0.25) is 17.7 Å². The van der Waals surface area contributed by atoms with E-state index in [1.54, 1.807) is 41.5 Å². The predicted molar refractivity (Wildman–Crippen MR) is 239 cm³/mol. The molecule has 0 aromatic carbocycles. The zero-order valence-electron chi connectivity index (χ0n) is 39.8. The van der Waals surface area contributed by atoms with E-state index in [2.05, 4.69) is 36.8 Å². The van der Waals surface area contributed by atoms with Crippen molar-refractivity contribution in [3.05, 3.63) is 0 Å². The SMILES string of the molecule is C[C@@H](CCCCNC(=O)OC(C)(C)C)C(=O)NCCCN(CCCNC(=O)[C@H](CCCCNC(=O)OC(C)(C)C)NC(=O)OC(C)(C)C)CC(=O)NC1C2CC3CC(C2)CC1C3. The Bertz CT molecular complexity index is 1430. The predicted octanol–water partition coefficient (Wildman–Crippen LogP) is 6.16. The van der Waals surface area contributed by atoms with Crippen molar-refractivity contribution >= 4 is 36.0 Å². The molecular formula is C46H83N7O9. The van der Waals surface area contributed by atoms with Gasteiger partial charge in [-0.05, 0) is 163 Å². The molecule has 4 saturated carbocycles. The summed E-state index contributed by atoms with van der Waals surface area (Å²) in [5, 5.41) is 17.6. The molecule has 0 unspecified atom stereocenters. The molecule has 0 aliphatic heterocycles. The van der Waals surface area contributed by atoms with E-state index in [-0.39, 0.29) is 36.2 Å². The van der Waals surface area contributed by atoms with Crippen LogP contribution in [0.1, 0.15) is 153 Å². The fourth-order valence-corrected chi connectivity index (χ4v) is 9.10. The molecule has 4 aliphatic carbocycles. The third-order valence-corrected chi connectivity index (χ3v) is 11.6. The second-order valence-corrected chi connectivity index (χ2v) is 21.0. The minimum absolute atomic E-state index is 0.0205. The van der Waals surface area contributed by atoms with Gasteiger partial charge in [-0.1, -0.05) is 13.3 Å². The maximum atomic E-state index is 13.6. The maximum absolute atomic E-state index is 13.6. The third kappa shape index (κ3) is 21.5. The van der Waals surface area contributed by atoms with E-state index in [1.165, 1.54) is 32.1 Å². The molecule has 0 aromatic heterocycles. The fourth-order valence-electron chi connectivity index (χ4n) is 9.10. The average molecular weight is 878 g/mol. The van der Waals surface area contributed by atoms with Gasteiger partial charge in [0.15, 0.2) is 0 Å². The van der Waals surface area contributed by atoms with Gasteiger partial charge in [0, 0.05) is 51.2 Å². The van der Waals surface area contributed by atoms with E-state index in [0.29, 0.717) is 89.6 Å². The summed E-state index contributed by atoms with van der Waals surface area (Å²) in [6.45, 7) is 21.0. The van der Waals surface area contributed by atoms with Crippen LogP contribution >= 0.6 is 0 Å². The van der Waals surface area contributed by atoms with Crippen LogP contribution in [0.3, 0.4) is 0 Å². The number of amides is 6. The lowest BCUT2D eigenvalue weighted by Crippen LogP contribution is -2.57. The molecule has 0 spiro atoms. The molecule has 0 aromatic rings. The van der Waals surface area contributed by atoms with Crippen LogP contribution in [0, 0.1) is 29.6 Å². The normalized spacial score (nSPS) is 21.6. The molecule has 4 rings (SSSR count). The number of alkyl carbamates (subject to hydrolysis) is 3. The Morgan fingerprint density at radius 2 is 0.984 bits per heavy atom. The Labute approximate surface area is 372 Å². The number of rotatable bonds is 24. The summed E-state index contributed by atoms with van der Waals surface area (Å²) in [4.78, 5) is 78.6. The summed E-state index contributed by atoms with van der Waals surface area (Å²) in [6, 6.07) is -0.595. The highest BCUT2D eigenvalue weighted by molar-refractivity contribution is 5.85. The summed E-state index contributed by atoms with van der Waals surface area (Å²) in [6.07, 6.45) is 9.52. The van der Waals surface area contributed by atoms with Crippen molar-refractivity contribution in [1.82, 2.24) is 36.8 Å². The van der Waals surface area contributed by atoms with E-state index in [0.717, 1.165) is 24.7 Å². The quantitative estimate of drug-likeness (QED) is 0.0481. The van der Waals surface area contributed by atoms with Crippen LogP contribution in [0.5, 0.6) is 0 Å². The highest BCUT2D eigenvalue weighted by Gasteiger charge is 2.48. The van der Waals surface area contributed by atoms with Gasteiger partial charge in [0.05, 0.1) is 6.54 Å². The van der Waals surface area contributed by atoms with Crippen LogP contribution in [-0.4, -0.2) is 116 Å². The molecule has 16 nitrogen and oxygen atoms in total. The summed E-state index contributed by atoms with van der Waals surface area (Å²) in [5.41, 5.74) is -1.89. The zero-order chi connectivity index (χ0) is 46.1. The number of nitrogens with zero attached hydrogens (tertiary/aromatic N) is 1. The fraction of sp³-hybridized carbons (Fsp3) is 0.870. The number of ether oxygens (including phenoxy) is 3. The zero-order valence-corrected chi connectivity index (χ0v) is 39.8. The second kappa shape index (κ2) is 24.9. The standard InChI is InChI=1S/C46H83N7O9/c1-31(17-11-13-19-49-41(57)60-44(2,3)4)39(55)47-21-15-23-53(30-37(54)52-38-34-26-32-25-33(28-34)29-35(38)27-32)24-16-22-48-40(56)36(51-43(59)62-46(8,9)10)18-12-14-20-50-42(58)61-45(5,6)7/h31-36,38H,11-30H2,1-10H3,(H,47,55)(H,48,56)(H,49,57)(H,50,58)(H,51,59)(H,52,54)/t31-,32?,33?,34?,35?,36-,38?/m0/s1. The molecule has 356 valence electrons. The number of carbonyl (C=O) groups excluding carboxylic acids is 6. The van der Waals surface area contributed by atoms with Gasteiger partial charge in [-0.3, -0.25) is 19.3 Å². The molecule has 4 aliphatic rings. The summed E-state index contributed by atoms with van der Waals surface area (Å²) in [5.74, 6) is 2.26. The number of carbonyl (C=O) groups is 6. The first-order valence-corrected chi connectivity index (χ1v) is 23.5. The minimum atomic E-state index is -0.839. The second-order valence-electron chi connectivity index (χ2n) is 21.0. The lowest BCUT2D eigenvalue weighted by Gasteiger charge is -2.54. The Kier molecular flexibility index (Phi) is 21.1. The summed E-state index contributed by atoms with van der Waals surface area (Å²) >= 11 is 0. The highest BCUT2D eigenvalue weighted by Crippen LogP contribution is 2.53. The Balaban J connectivity index is 1.49. The van der Waals surface area contributed by atoms with Crippen LogP contribution in [0.2, 0.25) is 0 Å². The lowest BCUT2D eigenvalue weighted by atomic mass is 9.54. The lowest BCUT2D eigenvalue weighted by molar-refractivity contribution is -0.127. The van der Waals surface area contributed by atoms with E-state index in [9.17, 15) is 28.8 Å². The van der Waals surface area contributed by atoms with Crippen LogP contribution < -0.4 is 31.9 Å². The molecule has 0 radical (unpaired) electrons. The van der Waals surface area contributed by atoms with Gasteiger partial charge in [-0.25, -0.2) is 14.4 Å². The molecular weight excluding hydrogens is 795 g/mol. The van der Waals surface area contributed by atoms with Gasteiger partial charge in [0.25, 0.3) is 0 Å². The monoisotopic (exact) mass is 878 g/mol. The van der Waals surface area contributed by atoms with Crippen molar-refractivity contribution in [3.63, 3.8) is 0 Å². The highest BCUT2D eigenvalue weighted by atomic mass is 16.6. The summed E-state index contributed by atoms with van der Waals surface area (Å²) < 4.78 is 16.0. The van der Waals surface area contributed by atoms with Crippen molar-refractivity contribution < 1.29 is 43.0 Å². The molecule has 16 heteroatoms. The van der Waals surface area contributed by atoms with Gasteiger partial charge < -0.3 is 46.1 Å². The number of hydrogen-bond donors (Lipinski definition) is 6. The van der Waals surface area contributed by atoms with E-state index in [1.807, 2.05) is 27.7 Å². The first kappa shape index (κ1) is 52.5. The number of nitrogens with one attached hydrogen (secondary N) is 6. The first-order chi connectivity index (χ1) is 29.0. The molecule has 62 heavy (non-hydrogen) atoms. The van der Waals surface area contributed by atoms with Crippen molar-refractivity contribution in [1.29, 1.82) is 0 Å². The van der Waals surface area contributed by atoms with Crippen LogP contribution in [0.15, 0.2) is 0 Å². The average Bonchev–Trinajstić information content (AvgIpc) is 3.12. The van der Waals surface area contributed by atoms with Gasteiger partial charge in [-0.2, -0.15) is 0 Å². The van der Waals surface area contributed by atoms with Crippen LogP contribution in [0.25, 0.3) is 0 Å². The largest absolute Gasteiger partial charge is 0.444 e. The van der Waals surface area contributed by atoms with Crippen molar-refractivity contribution in [2.45, 2.75) is 182 Å². The van der Waals surface area contributed by atoms with Gasteiger partial charge in [0.1, 0.15) is 22.8 Å². The number of hydrogen-bond acceptors (Lipinski definition) is 10. The van der Waals surface area contributed by atoms with E-state index in [4.69, 9.17) is 14.2 Å². The Morgan fingerprint density at radius 3 is 1.47 bits per heavy atom. The van der Waals surface area contributed by atoms with Gasteiger partial charge in [-0.15, -0.1) is 0 Å². The van der Waals surface area contributed by atoms with E-state index < -0.39 is 41.1 Å². The smallest absolute Gasteiger partial charge is 0.408 e. The molecule has 0 heterocycles. The topological polar surface area (TPSA) is 206 Å². The first-order valence-electron chi connectivity index (χ1n) is 23.5.